The summed E-state index contributed by atoms with van der Waals surface area (Å²) in [5, 5.41) is 3.06. The van der Waals surface area contributed by atoms with Crippen LogP contribution in [0, 0.1) is 0 Å². The van der Waals surface area contributed by atoms with E-state index in [1.807, 2.05) is 25.1 Å². The summed E-state index contributed by atoms with van der Waals surface area (Å²) in [4.78, 5) is 4.15. The zero-order valence-electron chi connectivity index (χ0n) is 12.4. The van der Waals surface area contributed by atoms with E-state index in [2.05, 4.69) is 35.9 Å². The summed E-state index contributed by atoms with van der Waals surface area (Å²) < 4.78 is 5.77. The number of guanidine groups is 1. The van der Waals surface area contributed by atoms with Crippen molar-refractivity contribution in [1.29, 1.82) is 0 Å². The molecule has 1 atom stereocenters. The Balaban J connectivity index is 2.13. The lowest BCUT2D eigenvalue weighted by atomic mass is 10.1. The van der Waals surface area contributed by atoms with Gasteiger partial charge in [-0.1, -0.05) is 42.5 Å². The third kappa shape index (κ3) is 6.95. The molecule has 1 aromatic rings. The van der Waals surface area contributed by atoms with Gasteiger partial charge in [0.2, 0.25) is 0 Å². The fourth-order valence-corrected chi connectivity index (χ4v) is 1.65. The fraction of sp³-hybridized carbons (Fsp3) is 0.438. The molecule has 0 aliphatic heterocycles. The van der Waals surface area contributed by atoms with E-state index in [1.54, 1.807) is 0 Å². The normalized spacial score (nSPS) is 13.0. The first-order valence-corrected chi connectivity index (χ1v) is 6.94. The second-order valence-corrected chi connectivity index (χ2v) is 4.86. The van der Waals surface area contributed by atoms with Crippen molar-refractivity contribution in [3.8, 4) is 0 Å². The van der Waals surface area contributed by atoms with Gasteiger partial charge in [0.15, 0.2) is 5.96 Å². The molecule has 4 nitrogen and oxygen atoms in total. The van der Waals surface area contributed by atoms with Gasteiger partial charge in [-0.15, -0.1) is 0 Å². The lowest BCUT2D eigenvalue weighted by molar-refractivity contribution is 0.0646. The molecule has 0 aliphatic rings. The maximum Gasteiger partial charge on any atom is 0.188 e. The number of benzene rings is 1. The zero-order chi connectivity index (χ0) is 14.8. The van der Waals surface area contributed by atoms with Crippen LogP contribution in [-0.2, 0) is 4.74 Å². The van der Waals surface area contributed by atoms with Crippen molar-refractivity contribution in [3.63, 3.8) is 0 Å². The maximum absolute atomic E-state index is 5.77. The topological polar surface area (TPSA) is 59.6 Å². The predicted molar refractivity (Wildman–Crippen MR) is 84.7 cm³/mol. The molecule has 0 amide bonds. The highest BCUT2D eigenvalue weighted by Gasteiger charge is 2.03. The molecule has 0 heterocycles. The lowest BCUT2D eigenvalue weighted by Crippen LogP contribution is -2.33. The van der Waals surface area contributed by atoms with Crippen LogP contribution in [0.1, 0.15) is 31.9 Å². The minimum atomic E-state index is 0.116. The van der Waals surface area contributed by atoms with Crippen LogP contribution in [0.3, 0.4) is 0 Å². The Labute approximate surface area is 121 Å². The molecule has 110 valence electrons. The van der Waals surface area contributed by atoms with Crippen molar-refractivity contribution in [2.24, 2.45) is 10.7 Å². The van der Waals surface area contributed by atoms with E-state index in [1.165, 1.54) is 5.56 Å². The minimum absolute atomic E-state index is 0.116. The van der Waals surface area contributed by atoms with Gasteiger partial charge in [-0.3, -0.25) is 0 Å². The second-order valence-electron chi connectivity index (χ2n) is 4.86. The van der Waals surface area contributed by atoms with Gasteiger partial charge in [0.1, 0.15) is 0 Å². The van der Waals surface area contributed by atoms with Gasteiger partial charge in [-0.2, -0.15) is 0 Å². The summed E-state index contributed by atoms with van der Waals surface area (Å²) >= 11 is 0. The van der Waals surface area contributed by atoms with Crippen LogP contribution in [0.5, 0.6) is 0 Å². The third-order valence-corrected chi connectivity index (χ3v) is 2.78. The van der Waals surface area contributed by atoms with E-state index < -0.39 is 0 Å². The van der Waals surface area contributed by atoms with Crippen LogP contribution in [0.2, 0.25) is 0 Å². The quantitative estimate of drug-likeness (QED) is 0.332. The number of hydrogen-bond donors (Lipinski definition) is 2. The molecule has 0 radical (unpaired) electrons. The molecule has 1 aromatic carbocycles. The number of nitrogens with two attached hydrogens (primary N) is 1. The summed E-state index contributed by atoms with van der Waals surface area (Å²) in [6.07, 6.45) is 1.01. The third-order valence-electron chi connectivity index (χ3n) is 2.78. The van der Waals surface area contributed by atoms with Crippen molar-refractivity contribution >= 4 is 5.96 Å². The molecule has 0 aromatic heterocycles. The van der Waals surface area contributed by atoms with Gasteiger partial charge in [0.05, 0.1) is 12.6 Å². The summed E-state index contributed by atoms with van der Waals surface area (Å²) in [7, 11) is 0. The summed E-state index contributed by atoms with van der Waals surface area (Å²) in [6, 6.07) is 10.2. The van der Waals surface area contributed by atoms with Crippen LogP contribution >= 0.6 is 0 Å². The van der Waals surface area contributed by atoms with Crippen LogP contribution in [0.15, 0.2) is 47.5 Å². The van der Waals surface area contributed by atoms with Gasteiger partial charge in [0, 0.05) is 13.2 Å². The number of nitrogens with one attached hydrogen (secondary N) is 1. The Morgan fingerprint density at radius 3 is 2.75 bits per heavy atom. The second kappa shape index (κ2) is 9.15. The smallest absolute Gasteiger partial charge is 0.188 e. The molecule has 3 N–H and O–H groups in total. The van der Waals surface area contributed by atoms with Crippen molar-refractivity contribution in [1.82, 2.24) is 5.32 Å². The molecule has 0 saturated carbocycles. The van der Waals surface area contributed by atoms with Gasteiger partial charge < -0.3 is 15.8 Å². The molecule has 1 rings (SSSR count). The molecule has 0 bridgehead atoms. The first kappa shape index (κ1) is 16.2. The number of ether oxygens (including phenoxy) is 1. The Bertz CT molecular complexity index is 429. The van der Waals surface area contributed by atoms with E-state index in [0.717, 1.165) is 18.5 Å². The average molecular weight is 275 g/mol. The first-order valence-electron chi connectivity index (χ1n) is 6.94. The van der Waals surface area contributed by atoms with Crippen molar-refractivity contribution in [2.45, 2.75) is 26.4 Å². The van der Waals surface area contributed by atoms with Crippen molar-refractivity contribution in [3.05, 3.63) is 48.0 Å². The molecule has 20 heavy (non-hydrogen) atoms. The fourth-order valence-electron chi connectivity index (χ4n) is 1.65. The van der Waals surface area contributed by atoms with Gasteiger partial charge in [0.25, 0.3) is 0 Å². The minimum Gasteiger partial charge on any atom is -0.374 e. The summed E-state index contributed by atoms with van der Waals surface area (Å²) in [5.41, 5.74) is 7.90. The molecule has 0 fully saturated rings. The maximum atomic E-state index is 5.77. The number of hydrogen-bond acceptors (Lipinski definition) is 2. The molecule has 0 aliphatic carbocycles. The van der Waals surface area contributed by atoms with E-state index in [-0.39, 0.29) is 6.10 Å². The number of aliphatic imine (C=N–C) groups is 1. The van der Waals surface area contributed by atoms with E-state index in [0.29, 0.717) is 19.1 Å². The molecular weight excluding hydrogens is 250 g/mol. The van der Waals surface area contributed by atoms with Gasteiger partial charge in [-0.25, -0.2) is 4.99 Å². The first-order chi connectivity index (χ1) is 9.59. The Hall–Kier alpha value is -1.81. The predicted octanol–water partition coefficient (Wildman–Crippen LogP) is 2.63. The summed E-state index contributed by atoms with van der Waals surface area (Å²) in [6.45, 7) is 9.78. The lowest BCUT2D eigenvalue weighted by Gasteiger charge is -2.13. The van der Waals surface area contributed by atoms with Gasteiger partial charge in [-0.05, 0) is 25.8 Å². The van der Waals surface area contributed by atoms with Crippen LogP contribution in [-0.4, -0.2) is 25.7 Å². The highest BCUT2D eigenvalue weighted by Crippen LogP contribution is 2.15. The average Bonchev–Trinajstić information content (AvgIpc) is 2.45. The van der Waals surface area contributed by atoms with Gasteiger partial charge >= 0.3 is 0 Å². The molecular formula is C16H25N3O. The largest absolute Gasteiger partial charge is 0.374 e. The van der Waals surface area contributed by atoms with Crippen LogP contribution in [0.25, 0.3) is 0 Å². The highest BCUT2D eigenvalue weighted by atomic mass is 16.5. The van der Waals surface area contributed by atoms with E-state index >= 15 is 0 Å². The van der Waals surface area contributed by atoms with E-state index in [9.17, 15) is 0 Å². The molecule has 4 heteroatoms. The number of nitrogens with zero attached hydrogens (tertiary/aromatic N) is 1. The van der Waals surface area contributed by atoms with E-state index in [4.69, 9.17) is 10.5 Å². The Morgan fingerprint density at radius 2 is 2.10 bits per heavy atom. The monoisotopic (exact) mass is 275 g/mol. The van der Waals surface area contributed by atoms with Crippen LogP contribution in [0.4, 0.5) is 0 Å². The SMILES string of the molecule is C=C(C)CN=C(N)NCCCOC(C)c1ccccc1. The zero-order valence-corrected chi connectivity index (χ0v) is 12.4. The highest BCUT2D eigenvalue weighted by molar-refractivity contribution is 5.77. The molecule has 0 spiro atoms. The van der Waals surface area contributed by atoms with Crippen LogP contribution < -0.4 is 11.1 Å². The molecule has 0 saturated heterocycles. The Kier molecular flexibility index (Phi) is 7.43. The molecule has 1 unspecified atom stereocenters. The summed E-state index contributed by atoms with van der Waals surface area (Å²) in [5.74, 6) is 0.462. The Morgan fingerprint density at radius 1 is 1.40 bits per heavy atom. The number of rotatable bonds is 8. The van der Waals surface area contributed by atoms with Crippen molar-refractivity contribution in [2.75, 3.05) is 19.7 Å². The van der Waals surface area contributed by atoms with Crippen molar-refractivity contribution < 1.29 is 4.74 Å². The standard InChI is InChI=1S/C16H25N3O/c1-13(2)12-19-16(17)18-10-7-11-20-14(3)15-8-5-4-6-9-15/h4-6,8-9,14H,1,7,10-12H2,2-3H3,(H3,17,18,19).